The topological polar surface area (TPSA) is 17.8 Å². The van der Waals surface area contributed by atoms with Crippen molar-refractivity contribution in [3.63, 3.8) is 0 Å². The van der Waals surface area contributed by atoms with E-state index in [1.165, 1.54) is 5.52 Å². The van der Waals surface area contributed by atoms with Crippen molar-refractivity contribution in [1.29, 1.82) is 0 Å². The number of rotatable bonds is 5. The molecule has 0 amide bonds. The Morgan fingerprint density at radius 2 is 2.00 bits per heavy atom. The van der Waals surface area contributed by atoms with E-state index in [9.17, 15) is 0 Å². The Morgan fingerprint density at radius 3 is 2.67 bits per heavy atom. The molecule has 2 rings (SSSR count). The number of aryl methyl sites for hydroxylation is 2. The molecule has 0 aliphatic heterocycles. The van der Waals surface area contributed by atoms with Crippen molar-refractivity contribution in [2.45, 2.75) is 38.5 Å². The number of halogens is 1. The van der Waals surface area contributed by atoms with Crippen molar-refractivity contribution in [2.75, 3.05) is 0 Å². The Bertz CT molecular complexity index is 516. The van der Waals surface area contributed by atoms with E-state index in [4.69, 9.17) is 11.6 Å². The summed E-state index contributed by atoms with van der Waals surface area (Å²) in [5, 5.41) is 0.277. The van der Waals surface area contributed by atoms with Gasteiger partial charge in [0.2, 0.25) is 0 Å². The summed E-state index contributed by atoms with van der Waals surface area (Å²) in [7, 11) is 2.09. The molecule has 0 bridgehead atoms. The third-order valence-corrected chi connectivity index (χ3v) is 4.21. The molecule has 0 fully saturated rings. The molecule has 0 saturated carbocycles. The fraction of sp³-hybridized carbons (Fsp3) is 0.533. The van der Waals surface area contributed by atoms with E-state index in [-0.39, 0.29) is 5.38 Å². The summed E-state index contributed by atoms with van der Waals surface area (Å²) in [5.74, 6) is 1.70. The number of hydrogen-bond donors (Lipinski definition) is 0. The zero-order chi connectivity index (χ0) is 13.1. The molecule has 2 aromatic rings. The van der Waals surface area contributed by atoms with Gasteiger partial charge in [0.1, 0.15) is 5.82 Å². The van der Waals surface area contributed by atoms with Crippen molar-refractivity contribution in [3.8, 4) is 0 Å². The third-order valence-electron chi connectivity index (χ3n) is 3.48. The summed E-state index contributed by atoms with van der Waals surface area (Å²) in [6, 6.07) is 8.27. The normalized spacial score (nSPS) is 13.4. The summed E-state index contributed by atoms with van der Waals surface area (Å²) in [4.78, 5) is 4.67. The number of aromatic nitrogens is 2. The Hall–Kier alpha value is -1.02. The number of fused-ring (bicyclic) bond motifs is 1. The average Bonchev–Trinajstić information content (AvgIpc) is 2.67. The Balaban J connectivity index is 2.02. The number of benzene rings is 1. The Kier molecular flexibility index (Phi) is 4.28. The third kappa shape index (κ3) is 2.86. The largest absolute Gasteiger partial charge is 0.331 e. The van der Waals surface area contributed by atoms with Crippen LogP contribution in [0.1, 0.15) is 32.5 Å². The summed E-state index contributed by atoms with van der Waals surface area (Å²) in [6.45, 7) is 4.35. The van der Waals surface area contributed by atoms with Crippen LogP contribution in [0.25, 0.3) is 11.0 Å². The summed E-state index contributed by atoms with van der Waals surface area (Å²) in [5.41, 5.74) is 2.29. The van der Waals surface area contributed by atoms with Gasteiger partial charge in [0.15, 0.2) is 0 Å². The molecule has 0 aliphatic carbocycles. The lowest BCUT2D eigenvalue weighted by Crippen LogP contribution is -2.08. The van der Waals surface area contributed by atoms with Gasteiger partial charge in [-0.25, -0.2) is 4.98 Å². The average molecular weight is 265 g/mol. The van der Waals surface area contributed by atoms with Gasteiger partial charge in [-0.1, -0.05) is 26.0 Å². The molecule has 1 unspecified atom stereocenters. The van der Waals surface area contributed by atoms with Gasteiger partial charge in [0, 0.05) is 18.8 Å². The first-order valence-corrected chi connectivity index (χ1v) is 7.07. The molecule has 0 aliphatic rings. The molecule has 18 heavy (non-hydrogen) atoms. The predicted octanol–water partition coefficient (Wildman–Crippen LogP) is 4.16. The number of alkyl halides is 1. The van der Waals surface area contributed by atoms with Crippen LogP contribution >= 0.6 is 11.6 Å². The SMILES string of the molecule is CC(C)C(Cl)CCCc1nc2ccccc2n1C. The molecule has 2 nitrogen and oxygen atoms in total. The molecule has 0 N–H and O–H groups in total. The lowest BCUT2D eigenvalue weighted by atomic mass is 10.0. The van der Waals surface area contributed by atoms with Crippen molar-refractivity contribution in [2.24, 2.45) is 13.0 Å². The van der Waals surface area contributed by atoms with Crippen LogP contribution in [0.15, 0.2) is 24.3 Å². The number of nitrogens with zero attached hydrogens (tertiary/aromatic N) is 2. The molecule has 1 aromatic heterocycles. The van der Waals surface area contributed by atoms with Gasteiger partial charge in [-0.2, -0.15) is 0 Å². The molecule has 0 spiro atoms. The molecule has 3 heteroatoms. The lowest BCUT2D eigenvalue weighted by molar-refractivity contribution is 0.541. The second-order valence-electron chi connectivity index (χ2n) is 5.23. The minimum Gasteiger partial charge on any atom is -0.331 e. The van der Waals surface area contributed by atoms with Gasteiger partial charge >= 0.3 is 0 Å². The van der Waals surface area contributed by atoms with E-state index in [1.807, 2.05) is 6.07 Å². The molecule has 0 saturated heterocycles. The van der Waals surface area contributed by atoms with Crippen LogP contribution < -0.4 is 0 Å². The fourth-order valence-electron chi connectivity index (χ4n) is 2.21. The Labute approximate surface area is 114 Å². The molecule has 0 radical (unpaired) electrons. The Morgan fingerprint density at radius 1 is 1.28 bits per heavy atom. The molecule has 1 heterocycles. The van der Waals surface area contributed by atoms with Gasteiger partial charge in [-0.15, -0.1) is 11.6 Å². The zero-order valence-corrected chi connectivity index (χ0v) is 12.1. The van der Waals surface area contributed by atoms with Crippen molar-refractivity contribution < 1.29 is 0 Å². The minimum absolute atomic E-state index is 0.277. The van der Waals surface area contributed by atoms with Gasteiger partial charge in [0.05, 0.1) is 11.0 Å². The first-order chi connectivity index (χ1) is 8.59. The highest BCUT2D eigenvalue weighted by atomic mass is 35.5. The molecule has 1 aromatic carbocycles. The van der Waals surface area contributed by atoms with Crippen LogP contribution in [0.3, 0.4) is 0 Å². The fourth-order valence-corrected chi connectivity index (χ4v) is 2.36. The maximum Gasteiger partial charge on any atom is 0.109 e. The van der Waals surface area contributed by atoms with Gasteiger partial charge in [0.25, 0.3) is 0 Å². The van der Waals surface area contributed by atoms with Crippen molar-refractivity contribution in [3.05, 3.63) is 30.1 Å². The summed E-state index contributed by atoms with van der Waals surface area (Å²) >= 11 is 6.27. The minimum atomic E-state index is 0.277. The summed E-state index contributed by atoms with van der Waals surface area (Å²) < 4.78 is 2.19. The van der Waals surface area contributed by atoms with Gasteiger partial charge < -0.3 is 4.57 Å². The second-order valence-corrected chi connectivity index (χ2v) is 5.79. The predicted molar refractivity (Wildman–Crippen MR) is 78.1 cm³/mol. The summed E-state index contributed by atoms with van der Waals surface area (Å²) in [6.07, 6.45) is 3.16. The van der Waals surface area contributed by atoms with Crippen LogP contribution in [0.2, 0.25) is 0 Å². The van der Waals surface area contributed by atoms with Crippen molar-refractivity contribution >= 4 is 22.6 Å². The van der Waals surface area contributed by atoms with Gasteiger partial charge in [-0.05, 0) is 30.9 Å². The van der Waals surface area contributed by atoms with E-state index < -0.39 is 0 Å². The van der Waals surface area contributed by atoms with E-state index in [0.717, 1.165) is 30.6 Å². The highest BCUT2D eigenvalue weighted by molar-refractivity contribution is 6.20. The monoisotopic (exact) mass is 264 g/mol. The maximum absolute atomic E-state index is 6.27. The molecule has 1 atom stereocenters. The molecular weight excluding hydrogens is 244 g/mol. The standard InChI is InChI=1S/C15H21ClN2/c1-11(2)12(16)7-6-10-15-17-13-8-4-5-9-14(13)18(15)3/h4-5,8-9,11-12H,6-7,10H2,1-3H3. The molecule has 98 valence electrons. The number of imidazole rings is 1. The van der Waals surface area contributed by atoms with E-state index in [2.05, 4.69) is 48.6 Å². The van der Waals surface area contributed by atoms with Crippen molar-refractivity contribution in [1.82, 2.24) is 9.55 Å². The van der Waals surface area contributed by atoms with Crippen LogP contribution in [0, 0.1) is 5.92 Å². The van der Waals surface area contributed by atoms with Crippen LogP contribution in [-0.2, 0) is 13.5 Å². The number of para-hydroxylation sites is 2. The quantitative estimate of drug-likeness (QED) is 0.742. The van der Waals surface area contributed by atoms with Gasteiger partial charge in [-0.3, -0.25) is 0 Å². The first kappa shape index (κ1) is 13.4. The van der Waals surface area contributed by atoms with E-state index in [1.54, 1.807) is 0 Å². The van der Waals surface area contributed by atoms with Crippen LogP contribution in [-0.4, -0.2) is 14.9 Å². The first-order valence-electron chi connectivity index (χ1n) is 6.64. The highest BCUT2D eigenvalue weighted by Crippen LogP contribution is 2.19. The number of hydrogen-bond acceptors (Lipinski definition) is 1. The van der Waals surface area contributed by atoms with Crippen LogP contribution in [0.4, 0.5) is 0 Å². The second kappa shape index (κ2) is 5.75. The molecular formula is C15H21ClN2. The smallest absolute Gasteiger partial charge is 0.109 e. The lowest BCUT2D eigenvalue weighted by Gasteiger charge is -2.12. The van der Waals surface area contributed by atoms with Crippen LogP contribution in [0.5, 0.6) is 0 Å². The highest BCUT2D eigenvalue weighted by Gasteiger charge is 2.11. The maximum atomic E-state index is 6.27. The van der Waals surface area contributed by atoms with E-state index in [0.29, 0.717) is 5.92 Å². The van der Waals surface area contributed by atoms with E-state index >= 15 is 0 Å². The zero-order valence-electron chi connectivity index (χ0n) is 11.4.